The van der Waals surface area contributed by atoms with Gasteiger partial charge >= 0.3 is 13.5 Å². The molecule has 17 heavy (non-hydrogen) atoms. The van der Waals surface area contributed by atoms with Crippen LogP contribution in [0.2, 0.25) is 0 Å². The lowest BCUT2D eigenvalue weighted by Crippen LogP contribution is -2.31. The van der Waals surface area contributed by atoms with Crippen molar-refractivity contribution >= 4 is 13.5 Å². The lowest BCUT2D eigenvalue weighted by atomic mass is 10.4. The number of allylic oxidation sites excluding steroid dienone is 4. The maximum atomic E-state index is 12.0. The summed E-state index contributed by atoms with van der Waals surface area (Å²) in [5.41, 5.74) is 0. The van der Waals surface area contributed by atoms with E-state index < -0.39 is 19.5 Å². The third-order valence-electron chi connectivity index (χ3n) is 1.73. The number of hydrogen-bond donors (Lipinski definition) is 2. The van der Waals surface area contributed by atoms with Gasteiger partial charge in [0.25, 0.3) is 0 Å². The van der Waals surface area contributed by atoms with Crippen molar-refractivity contribution in [2.45, 2.75) is 19.9 Å². The molecule has 0 aromatic heterocycles. The lowest BCUT2D eigenvalue weighted by molar-refractivity contribution is -0.138. The molecule has 0 aromatic carbocycles. The highest BCUT2D eigenvalue weighted by atomic mass is 31.2. The van der Waals surface area contributed by atoms with Gasteiger partial charge in [0.2, 0.25) is 0 Å². The van der Waals surface area contributed by atoms with Gasteiger partial charge in [-0.25, -0.2) is 5.09 Å². The second-order valence-electron chi connectivity index (χ2n) is 3.43. The molecule has 2 N–H and O–H groups in total. The van der Waals surface area contributed by atoms with E-state index in [1.807, 2.05) is 6.92 Å². The smallest absolute Gasteiger partial charge is 0.320 e. The van der Waals surface area contributed by atoms with Crippen LogP contribution in [0, 0.1) is 0 Å². The fraction of sp³-hybridized carbons (Fsp3) is 0.364. The molecular weight excluding hydrogens is 241 g/mol. The second kappa shape index (κ2) is 7.09. The Morgan fingerprint density at radius 2 is 2.18 bits per heavy atom. The Morgan fingerprint density at radius 3 is 2.59 bits per heavy atom. The average Bonchev–Trinajstić information content (AvgIpc) is 2.23. The third kappa shape index (κ3) is 6.76. The van der Waals surface area contributed by atoms with Gasteiger partial charge in [-0.3, -0.25) is 9.36 Å². The van der Waals surface area contributed by atoms with Gasteiger partial charge in [0, 0.05) is 6.66 Å². The molecule has 0 radical (unpaired) electrons. The first-order valence-electron chi connectivity index (χ1n) is 5.05. The van der Waals surface area contributed by atoms with Crippen molar-refractivity contribution in [2.75, 3.05) is 6.66 Å². The van der Waals surface area contributed by atoms with Crippen LogP contribution in [0.3, 0.4) is 0 Å². The maximum Gasteiger partial charge on any atom is 0.320 e. The van der Waals surface area contributed by atoms with E-state index in [-0.39, 0.29) is 0 Å². The van der Waals surface area contributed by atoms with Crippen molar-refractivity contribution < 1.29 is 19.0 Å². The number of carbonyl (C=O) groups is 1. The molecule has 0 bridgehead atoms. The molecule has 0 amide bonds. The average molecular weight is 259 g/mol. The summed E-state index contributed by atoms with van der Waals surface area (Å²) in [5, 5.41) is 11.1. The van der Waals surface area contributed by atoms with Crippen LogP contribution in [0.5, 0.6) is 0 Å². The number of nitrogens with one attached hydrogen (secondary N) is 1. The number of carboxylic acids is 1. The van der Waals surface area contributed by atoms with Crippen molar-refractivity contribution in [3.8, 4) is 0 Å². The fourth-order valence-electron chi connectivity index (χ4n) is 0.961. The monoisotopic (exact) mass is 259 g/mol. The minimum atomic E-state index is -3.22. The fourth-order valence-corrected chi connectivity index (χ4v) is 2.37. The van der Waals surface area contributed by atoms with Crippen molar-refractivity contribution in [2.24, 2.45) is 0 Å². The van der Waals surface area contributed by atoms with E-state index in [9.17, 15) is 9.36 Å². The SMILES string of the molecule is C=C/C(=C\C=C/C)OP(C)(=O)N[C@H](C)C(=O)O. The molecule has 1 unspecified atom stereocenters. The van der Waals surface area contributed by atoms with Gasteiger partial charge in [-0.1, -0.05) is 18.7 Å². The highest BCUT2D eigenvalue weighted by Crippen LogP contribution is 2.41. The summed E-state index contributed by atoms with van der Waals surface area (Å²) in [5.74, 6) is -0.771. The van der Waals surface area contributed by atoms with Crippen LogP contribution in [0.1, 0.15) is 13.8 Å². The van der Waals surface area contributed by atoms with Crippen molar-refractivity contribution in [1.82, 2.24) is 5.09 Å². The highest BCUT2D eigenvalue weighted by Gasteiger charge is 2.23. The normalized spacial score (nSPS) is 17.5. The molecule has 0 saturated heterocycles. The molecule has 0 aliphatic rings. The molecule has 0 rings (SSSR count). The van der Waals surface area contributed by atoms with Crippen LogP contribution >= 0.6 is 7.52 Å². The number of carboxylic acid groups (broad SMARTS) is 1. The van der Waals surface area contributed by atoms with Gasteiger partial charge in [0.05, 0.1) is 0 Å². The van der Waals surface area contributed by atoms with Crippen LogP contribution < -0.4 is 5.09 Å². The zero-order chi connectivity index (χ0) is 13.5. The summed E-state index contributed by atoms with van der Waals surface area (Å²) in [4.78, 5) is 10.6. The molecular formula is C11H18NO4P. The summed E-state index contributed by atoms with van der Waals surface area (Å²) in [7, 11) is -3.22. The van der Waals surface area contributed by atoms with Crippen molar-refractivity contribution in [3.63, 3.8) is 0 Å². The topological polar surface area (TPSA) is 75.6 Å². The number of hydrogen-bond acceptors (Lipinski definition) is 3. The van der Waals surface area contributed by atoms with Crippen LogP contribution in [-0.4, -0.2) is 23.8 Å². The molecule has 0 heterocycles. The van der Waals surface area contributed by atoms with Crippen LogP contribution in [-0.2, 0) is 13.9 Å². The zero-order valence-corrected chi connectivity index (χ0v) is 11.1. The van der Waals surface area contributed by atoms with E-state index in [4.69, 9.17) is 9.63 Å². The molecule has 0 aliphatic heterocycles. The predicted octanol–water partition coefficient (Wildman–Crippen LogP) is 2.53. The third-order valence-corrected chi connectivity index (χ3v) is 3.15. The standard InChI is InChI=1S/C11H18NO4P/c1-5-7-8-10(6-2)16-17(4,15)12-9(3)11(13)14/h5-9H,2H2,1,3-4H3,(H,12,15)(H,13,14)/b7-5-,10-8+/t9-,17?/m1/s1. The minimum Gasteiger partial charge on any atom is -0.480 e. The lowest BCUT2D eigenvalue weighted by Gasteiger charge is -2.19. The molecule has 96 valence electrons. The molecule has 0 aromatic rings. The Kier molecular flexibility index (Phi) is 6.54. The van der Waals surface area contributed by atoms with E-state index in [2.05, 4.69) is 11.7 Å². The van der Waals surface area contributed by atoms with E-state index in [1.54, 1.807) is 18.2 Å². The van der Waals surface area contributed by atoms with Crippen LogP contribution in [0.15, 0.2) is 36.6 Å². The summed E-state index contributed by atoms with van der Waals surface area (Å²) in [6, 6.07) is -0.946. The molecule has 0 fully saturated rings. The Morgan fingerprint density at radius 1 is 1.59 bits per heavy atom. The van der Waals surface area contributed by atoms with Gasteiger partial charge in [0.15, 0.2) is 0 Å². The number of aliphatic carboxylic acids is 1. The quantitative estimate of drug-likeness (QED) is 0.417. The Hall–Kier alpha value is -1.32. The first-order chi connectivity index (χ1) is 7.82. The van der Waals surface area contributed by atoms with Gasteiger partial charge in [0.1, 0.15) is 11.8 Å². The Balaban J connectivity index is 4.68. The van der Waals surface area contributed by atoms with E-state index in [0.29, 0.717) is 5.76 Å². The van der Waals surface area contributed by atoms with Crippen molar-refractivity contribution in [3.05, 3.63) is 36.6 Å². The molecule has 5 nitrogen and oxygen atoms in total. The van der Waals surface area contributed by atoms with Crippen LogP contribution in [0.25, 0.3) is 0 Å². The molecule has 0 aliphatic carbocycles. The predicted molar refractivity (Wildman–Crippen MR) is 67.9 cm³/mol. The Labute approximate surface area is 101 Å². The summed E-state index contributed by atoms with van der Waals surface area (Å²) in [6.45, 7) is 8.06. The summed E-state index contributed by atoms with van der Waals surface area (Å²) in [6.07, 6.45) is 6.48. The van der Waals surface area contributed by atoms with Gasteiger partial charge < -0.3 is 9.63 Å². The highest BCUT2D eigenvalue weighted by molar-refractivity contribution is 7.56. The van der Waals surface area contributed by atoms with Gasteiger partial charge in [-0.2, -0.15) is 0 Å². The van der Waals surface area contributed by atoms with Gasteiger partial charge in [-0.05, 0) is 26.0 Å². The minimum absolute atomic E-state index is 0.319. The van der Waals surface area contributed by atoms with E-state index in [0.717, 1.165) is 0 Å². The van der Waals surface area contributed by atoms with E-state index >= 15 is 0 Å². The molecule has 2 atom stereocenters. The summed E-state index contributed by atoms with van der Waals surface area (Å²) < 4.78 is 17.1. The van der Waals surface area contributed by atoms with E-state index in [1.165, 1.54) is 19.7 Å². The first kappa shape index (κ1) is 15.7. The number of rotatable bonds is 7. The largest absolute Gasteiger partial charge is 0.480 e. The van der Waals surface area contributed by atoms with Crippen LogP contribution in [0.4, 0.5) is 0 Å². The molecule has 6 heteroatoms. The molecule has 0 saturated carbocycles. The van der Waals surface area contributed by atoms with Gasteiger partial charge in [-0.15, -0.1) is 0 Å². The second-order valence-corrected chi connectivity index (χ2v) is 5.56. The zero-order valence-electron chi connectivity index (χ0n) is 10.2. The maximum absolute atomic E-state index is 12.0. The summed E-state index contributed by atoms with van der Waals surface area (Å²) >= 11 is 0. The van der Waals surface area contributed by atoms with Crippen molar-refractivity contribution in [1.29, 1.82) is 0 Å². The Bertz CT molecular complexity index is 387. The first-order valence-corrected chi connectivity index (χ1v) is 7.12. The molecule has 0 spiro atoms.